The Bertz CT molecular complexity index is 488. The molecule has 0 aromatic heterocycles. The van der Waals surface area contributed by atoms with Gasteiger partial charge in [0.05, 0.1) is 5.60 Å². The molecule has 158 valence electrons. The number of carbonyl (C=O) groups is 1. The Hall–Kier alpha value is -0.153. The predicted octanol–water partition coefficient (Wildman–Crippen LogP) is 7.38. The third-order valence-electron chi connectivity index (χ3n) is 8.49. The Balaban J connectivity index is 1.88. The molecule has 4 atom stereocenters. The van der Waals surface area contributed by atoms with Gasteiger partial charge in [-0.2, -0.15) is 0 Å². The second-order valence-electron chi connectivity index (χ2n) is 10.5. The highest BCUT2D eigenvalue weighted by Gasteiger charge is 2.52. The molecule has 0 saturated heterocycles. The summed E-state index contributed by atoms with van der Waals surface area (Å²) in [5.41, 5.74) is 0.298. The quantitative estimate of drug-likeness (QED) is 0.361. The maximum atomic E-state index is 12.4. The van der Waals surface area contributed by atoms with E-state index in [1.807, 2.05) is 0 Å². The standard InChI is InChI=1S/C24H46O2Si/c1-8-27(9-2,10-3)26-23(5,6)17-11-13-19(4)20-15-16-21-22(25)14-12-18-24(20,21)7/h19-21H,8-18H2,1-7H3/t19-,20?,21?,24?/m0/s1. The van der Waals surface area contributed by atoms with Crippen LogP contribution in [0.3, 0.4) is 0 Å². The molecule has 0 aliphatic heterocycles. The second kappa shape index (κ2) is 9.11. The van der Waals surface area contributed by atoms with Crippen LogP contribution in [0.15, 0.2) is 0 Å². The Morgan fingerprint density at radius 3 is 2.41 bits per heavy atom. The molecule has 3 unspecified atom stereocenters. The number of hydrogen-bond donors (Lipinski definition) is 0. The molecule has 0 aromatic carbocycles. The van der Waals surface area contributed by atoms with Gasteiger partial charge in [-0.15, -0.1) is 0 Å². The third kappa shape index (κ3) is 5.07. The van der Waals surface area contributed by atoms with E-state index in [4.69, 9.17) is 4.43 Å². The fourth-order valence-electron chi connectivity index (χ4n) is 6.56. The van der Waals surface area contributed by atoms with Crippen LogP contribution < -0.4 is 0 Å². The maximum Gasteiger partial charge on any atom is 0.192 e. The zero-order chi connectivity index (χ0) is 20.3. The molecule has 2 aliphatic carbocycles. The van der Waals surface area contributed by atoms with Crippen LogP contribution in [-0.4, -0.2) is 19.7 Å². The van der Waals surface area contributed by atoms with Gasteiger partial charge in [-0.1, -0.05) is 47.5 Å². The molecule has 0 N–H and O–H groups in total. The summed E-state index contributed by atoms with van der Waals surface area (Å²) in [5, 5.41) is 0. The molecule has 0 heterocycles. The molecule has 27 heavy (non-hydrogen) atoms. The van der Waals surface area contributed by atoms with Gasteiger partial charge in [0, 0.05) is 12.3 Å². The van der Waals surface area contributed by atoms with Crippen molar-refractivity contribution in [1.29, 1.82) is 0 Å². The minimum Gasteiger partial charge on any atom is -0.412 e. The number of ketones is 1. The maximum absolute atomic E-state index is 12.4. The summed E-state index contributed by atoms with van der Waals surface area (Å²) in [6.07, 6.45) is 9.34. The van der Waals surface area contributed by atoms with Gasteiger partial charge in [-0.3, -0.25) is 4.79 Å². The number of hydrogen-bond acceptors (Lipinski definition) is 2. The van der Waals surface area contributed by atoms with Crippen molar-refractivity contribution in [1.82, 2.24) is 0 Å². The Morgan fingerprint density at radius 1 is 1.19 bits per heavy atom. The summed E-state index contributed by atoms with van der Waals surface area (Å²) < 4.78 is 6.79. The minimum atomic E-state index is -1.54. The topological polar surface area (TPSA) is 26.3 Å². The molecule has 0 radical (unpaired) electrons. The van der Waals surface area contributed by atoms with Crippen LogP contribution in [-0.2, 0) is 9.22 Å². The summed E-state index contributed by atoms with van der Waals surface area (Å²) in [4.78, 5) is 12.4. The van der Waals surface area contributed by atoms with Gasteiger partial charge in [0.25, 0.3) is 0 Å². The summed E-state index contributed by atoms with van der Waals surface area (Å²) in [5.74, 6) is 2.40. The highest BCUT2D eigenvalue weighted by molar-refractivity contribution is 6.73. The molecular formula is C24H46O2Si. The summed E-state index contributed by atoms with van der Waals surface area (Å²) in [6.45, 7) is 16.5. The molecule has 3 heteroatoms. The lowest BCUT2D eigenvalue weighted by Crippen LogP contribution is -2.44. The molecular weight excluding hydrogens is 348 g/mol. The molecule has 0 amide bonds. The van der Waals surface area contributed by atoms with Crippen molar-refractivity contribution in [2.75, 3.05) is 0 Å². The first-order valence-corrected chi connectivity index (χ1v) is 14.4. The van der Waals surface area contributed by atoms with Crippen molar-refractivity contribution in [2.24, 2.45) is 23.2 Å². The van der Waals surface area contributed by atoms with Crippen molar-refractivity contribution in [2.45, 2.75) is 124 Å². The van der Waals surface area contributed by atoms with Crippen LogP contribution in [0.25, 0.3) is 0 Å². The van der Waals surface area contributed by atoms with Crippen LogP contribution in [0, 0.1) is 23.2 Å². The molecule has 2 saturated carbocycles. The van der Waals surface area contributed by atoms with Crippen molar-refractivity contribution in [3.8, 4) is 0 Å². The fraction of sp³-hybridized carbons (Fsp3) is 0.958. The van der Waals surface area contributed by atoms with E-state index in [0.29, 0.717) is 11.7 Å². The molecule has 2 rings (SSSR count). The number of fused-ring (bicyclic) bond motifs is 1. The lowest BCUT2D eigenvalue weighted by atomic mass is 9.62. The van der Waals surface area contributed by atoms with E-state index in [1.165, 1.54) is 43.8 Å². The van der Waals surface area contributed by atoms with E-state index in [9.17, 15) is 4.79 Å². The Labute approximate surface area is 170 Å². The van der Waals surface area contributed by atoms with E-state index in [1.54, 1.807) is 0 Å². The smallest absolute Gasteiger partial charge is 0.192 e. The fourth-order valence-corrected chi connectivity index (χ4v) is 9.77. The van der Waals surface area contributed by atoms with Crippen LogP contribution in [0.1, 0.15) is 99.8 Å². The molecule has 0 spiro atoms. The van der Waals surface area contributed by atoms with Gasteiger partial charge < -0.3 is 4.43 Å². The second-order valence-corrected chi connectivity index (χ2v) is 15.2. The molecule has 2 fully saturated rings. The van der Waals surface area contributed by atoms with Gasteiger partial charge in [0.1, 0.15) is 5.78 Å². The van der Waals surface area contributed by atoms with Gasteiger partial charge in [-0.05, 0) is 81.3 Å². The average Bonchev–Trinajstić information content (AvgIpc) is 2.98. The number of carbonyl (C=O) groups excluding carboxylic acids is 1. The molecule has 0 aromatic rings. The zero-order valence-electron chi connectivity index (χ0n) is 19.3. The SMILES string of the molecule is CC[Si](CC)(CC)OC(C)(C)CCC[C@H](C)C1CCC2C(=O)CCCC21C. The highest BCUT2D eigenvalue weighted by Crippen LogP contribution is 2.57. The number of rotatable bonds is 10. The lowest BCUT2D eigenvalue weighted by Gasteiger charge is -2.42. The van der Waals surface area contributed by atoms with E-state index in [2.05, 4.69) is 48.5 Å². The average molecular weight is 395 g/mol. The molecule has 0 bridgehead atoms. The van der Waals surface area contributed by atoms with Crippen molar-refractivity contribution in [3.05, 3.63) is 0 Å². The van der Waals surface area contributed by atoms with Gasteiger partial charge in [-0.25, -0.2) is 0 Å². The molecule has 2 aliphatic rings. The Morgan fingerprint density at radius 2 is 1.81 bits per heavy atom. The van der Waals surface area contributed by atoms with Crippen molar-refractivity contribution >= 4 is 14.1 Å². The van der Waals surface area contributed by atoms with Gasteiger partial charge >= 0.3 is 0 Å². The Kier molecular flexibility index (Phi) is 7.81. The van der Waals surface area contributed by atoms with Gasteiger partial charge in [0.15, 0.2) is 8.32 Å². The van der Waals surface area contributed by atoms with Crippen LogP contribution >= 0.6 is 0 Å². The monoisotopic (exact) mass is 394 g/mol. The van der Waals surface area contributed by atoms with Crippen LogP contribution in [0.5, 0.6) is 0 Å². The van der Waals surface area contributed by atoms with E-state index in [-0.39, 0.29) is 11.0 Å². The van der Waals surface area contributed by atoms with Crippen molar-refractivity contribution < 1.29 is 9.22 Å². The van der Waals surface area contributed by atoms with Crippen LogP contribution in [0.2, 0.25) is 18.1 Å². The first-order chi connectivity index (χ1) is 12.6. The van der Waals surface area contributed by atoms with E-state index < -0.39 is 8.32 Å². The van der Waals surface area contributed by atoms with Gasteiger partial charge in [0.2, 0.25) is 0 Å². The first-order valence-electron chi connectivity index (χ1n) is 11.9. The number of Topliss-reactive ketones (excluding diaryl/α,β-unsaturated/α-hetero) is 1. The summed E-state index contributed by atoms with van der Waals surface area (Å²) in [6, 6.07) is 3.70. The summed E-state index contributed by atoms with van der Waals surface area (Å²) in [7, 11) is -1.54. The van der Waals surface area contributed by atoms with Crippen LogP contribution in [0.4, 0.5) is 0 Å². The zero-order valence-corrected chi connectivity index (χ0v) is 20.3. The summed E-state index contributed by atoms with van der Waals surface area (Å²) >= 11 is 0. The molecule has 2 nitrogen and oxygen atoms in total. The van der Waals surface area contributed by atoms with E-state index in [0.717, 1.165) is 37.5 Å². The minimum absolute atomic E-state index is 0.0108. The first kappa shape index (κ1) is 23.1. The third-order valence-corrected chi connectivity index (χ3v) is 13.3. The van der Waals surface area contributed by atoms with E-state index >= 15 is 0 Å². The van der Waals surface area contributed by atoms with Crippen molar-refractivity contribution in [3.63, 3.8) is 0 Å². The lowest BCUT2D eigenvalue weighted by molar-refractivity contribution is -0.130. The highest BCUT2D eigenvalue weighted by atomic mass is 28.4. The largest absolute Gasteiger partial charge is 0.412 e. The predicted molar refractivity (Wildman–Crippen MR) is 119 cm³/mol. The normalized spacial score (nSPS) is 30.4.